The number of rotatable bonds is 8. The number of sulfonamides is 1. The number of amides is 1. The summed E-state index contributed by atoms with van der Waals surface area (Å²) in [4.78, 5) is 25.4. The minimum atomic E-state index is -3.64. The number of esters is 1. The van der Waals surface area contributed by atoms with Gasteiger partial charge in [-0.05, 0) is 38.1 Å². The molecule has 1 aliphatic heterocycles. The molecule has 8 nitrogen and oxygen atoms in total. The second-order valence-corrected chi connectivity index (χ2v) is 8.12. The Hall–Kier alpha value is -2.65. The van der Waals surface area contributed by atoms with Crippen molar-refractivity contribution in [1.82, 2.24) is 9.21 Å². The van der Waals surface area contributed by atoms with Crippen LogP contribution in [0.25, 0.3) is 0 Å². The lowest BCUT2D eigenvalue weighted by atomic mass is 10.3. The van der Waals surface area contributed by atoms with Crippen LogP contribution in [0.3, 0.4) is 0 Å². The summed E-state index contributed by atoms with van der Waals surface area (Å²) < 4.78 is 37.1. The predicted octanol–water partition coefficient (Wildman–Crippen LogP) is 1.59. The highest BCUT2D eigenvalue weighted by Crippen LogP contribution is 2.21. The summed E-state index contributed by atoms with van der Waals surface area (Å²) in [5, 5.41) is 0. The van der Waals surface area contributed by atoms with Gasteiger partial charge in [0.05, 0.1) is 11.5 Å². The third-order valence-corrected chi connectivity index (χ3v) is 6.15. The first-order valence-electron chi connectivity index (χ1n) is 9.35. The lowest BCUT2D eigenvalue weighted by molar-refractivity contribution is -0.148. The highest BCUT2D eigenvalue weighted by Gasteiger charge is 2.30. The van der Waals surface area contributed by atoms with E-state index < -0.39 is 16.0 Å². The normalized spacial score (nSPS) is 15.7. The van der Waals surface area contributed by atoms with Gasteiger partial charge < -0.3 is 14.4 Å². The van der Waals surface area contributed by atoms with Crippen molar-refractivity contribution < 1.29 is 27.5 Å². The van der Waals surface area contributed by atoms with Gasteiger partial charge in [0.1, 0.15) is 5.75 Å². The highest BCUT2D eigenvalue weighted by molar-refractivity contribution is 7.89. The van der Waals surface area contributed by atoms with E-state index in [-0.39, 0.29) is 43.6 Å². The van der Waals surface area contributed by atoms with E-state index >= 15 is 0 Å². The van der Waals surface area contributed by atoms with Gasteiger partial charge in [0.2, 0.25) is 10.0 Å². The van der Waals surface area contributed by atoms with Crippen molar-refractivity contribution in [1.29, 1.82) is 0 Å². The molecule has 0 atom stereocenters. The molecule has 2 rings (SSSR count). The lowest BCUT2D eigenvalue weighted by Gasteiger charge is -2.33. The zero-order valence-electron chi connectivity index (χ0n) is 16.6. The number of allylic oxidation sites excluding steroid dienone is 3. The van der Waals surface area contributed by atoms with Gasteiger partial charge >= 0.3 is 5.97 Å². The number of carbonyl (C=O) groups excluding carboxylic acids is 2. The smallest absolute Gasteiger partial charge is 0.331 e. The van der Waals surface area contributed by atoms with Crippen LogP contribution in [-0.4, -0.2) is 68.9 Å². The van der Waals surface area contributed by atoms with E-state index in [1.165, 1.54) is 33.5 Å². The zero-order valence-corrected chi connectivity index (χ0v) is 17.4. The second-order valence-electron chi connectivity index (χ2n) is 6.18. The minimum Gasteiger partial charge on any atom is -0.494 e. The van der Waals surface area contributed by atoms with Crippen LogP contribution in [0.15, 0.2) is 53.5 Å². The van der Waals surface area contributed by atoms with Gasteiger partial charge in [0, 0.05) is 32.3 Å². The molecular weight excluding hydrogens is 396 g/mol. The molecule has 29 heavy (non-hydrogen) atoms. The quantitative estimate of drug-likeness (QED) is 0.359. The van der Waals surface area contributed by atoms with Crippen molar-refractivity contribution in [2.45, 2.75) is 18.7 Å². The number of nitrogens with zero attached hydrogens (tertiary/aromatic N) is 2. The van der Waals surface area contributed by atoms with E-state index in [9.17, 15) is 18.0 Å². The molecule has 1 saturated heterocycles. The number of hydrogen-bond donors (Lipinski definition) is 0. The van der Waals surface area contributed by atoms with Crippen LogP contribution in [0, 0.1) is 0 Å². The molecule has 0 radical (unpaired) electrons. The SMILES string of the molecule is C/C=C/C=C/C(=O)OCC(=O)N1CCN(S(=O)(=O)c2ccc(OCC)cc2)CC1. The summed E-state index contributed by atoms with van der Waals surface area (Å²) >= 11 is 0. The van der Waals surface area contributed by atoms with E-state index in [1.807, 2.05) is 13.8 Å². The van der Waals surface area contributed by atoms with Crippen molar-refractivity contribution in [2.24, 2.45) is 0 Å². The largest absolute Gasteiger partial charge is 0.494 e. The molecule has 1 heterocycles. The molecule has 0 spiro atoms. The molecule has 158 valence electrons. The Balaban J connectivity index is 1.87. The fourth-order valence-corrected chi connectivity index (χ4v) is 4.14. The second kappa shape index (κ2) is 10.8. The van der Waals surface area contributed by atoms with Crippen LogP contribution in [0.5, 0.6) is 5.75 Å². The molecule has 1 amide bonds. The first-order valence-corrected chi connectivity index (χ1v) is 10.8. The Morgan fingerprint density at radius 3 is 2.31 bits per heavy atom. The third kappa shape index (κ3) is 6.43. The Morgan fingerprint density at radius 2 is 1.72 bits per heavy atom. The summed E-state index contributed by atoms with van der Waals surface area (Å²) in [5.41, 5.74) is 0. The molecule has 1 aliphatic rings. The van der Waals surface area contributed by atoms with Crippen molar-refractivity contribution >= 4 is 21.9 Å². The average Bonchev–Trinajstić information content (AvgIpc) is 2.73. The molecule has 0 aromatic heterocycles. The maximum atomic E-state index is 12.8. The average molecular weight is 423 g/mol. The Labute approximate surface area is 171 Å². The molecule has 0 aliphatic carbocycles. The molecule has 1 aromatic carbocycles. The first kappa shape index (κ1) is 22.6. The van der Waals surface area contributed by atoms with E-state index in [0.29, 0.717) is 12.4 Å². The van der Waals surface area contributed by atoms with Gasteiger partial charge in [0.15, 0.2) is 6.61 Å². The minimum absolute atomic E-state index is 0.177. The summed E-state index contributed by atoms with van der Waals surface area (Å²) in [6.45, 7) is 4.63. The molecule has 0 N–H and O–H groups in total. The molecular formula is C20H26N2O6S. The maximum Gasteiger partial charge on any atom is 0.331 e. The molecule has 1 aromatic rings. The van der Waals surface area contributed by atoms with Gasteiger partial charge in [-0.3, -0.25) is 4.79 Å². The molecule has 0 bridgehead atoms. The lowest BCUT2D eigenvalue weighted by Crippen LogP contribution is -2.51. The standard InChI is InChI=1S/C20H26N2O6S/c1-3-5-6-7-20(24)28-16-19(23)21-12-14-22(15-13-21)29(25,26)18-10-8-17(9-11-18)27-4-2/h3,5-11H,4,12-16H2,1-2H3/b5-3+,7-6+. The fraction of sp³-hybridized carbons (Fsp3) is 0.400. The van der Waals surface area contributed by atoms with Crippen molar-refractivity contribution in [3.8, 4) is 5.75 Å². The first-order chi connectivity index (χ1) is 13.9. The van der Waals surface area contributed by atoms with Crippen LogP contribution in [0.1, 0.15) is 13.8 Å². The number of piperazine rings is 1. The van der Waals surface area contributed by atoms with Crippen molar-refractivity contribution in [3.63, 3.8) is 0 Å². The van der Waals surface area contributed by atoms with Gasteiger partial charge in [-0.25, -0.2) is 13.2 Å². The van der Waals surface area contributed by atoms with Crippen LogP contribution in [-0.2, 0) is 24.3 Å². The monoisotopic (exact) mass is 422 g/mol. The van der Waals surface area contributed by atoms with Gasteiger partial charge in [-0.2, -0.15) is 4.31 Å². The molecule has 0 unspecified atom stereocenters. The van der Waals surface area contributed by atoms with E-state index in [4.69, 9.17) is 9.47 Å². The van der Waals surface area contributed by atoms with Crippen molar-refractivity contribution in [2.75, 3.05) is 39.4 Å². The topological polar surface area (TPSA) is 93.2 Å². The van der Waals surface area contributed by atoms with E-state index in [2.05, 4.69) is 0 Å². The van der Waals surface area contributed by atoms with Crippen LogP contribution < -0.4 is 4.74 Å². The summed E-state index contributed by atoms with van der Waals surface area (Å²) in [6, 6.07) is 6.27. The predicted molar refractivity (Wildman–Crippen MR) is 108 cm³/mol. The van der Waals surface area contributed by atoms with Crippen molar-refractivity contribution in [3.05, 3.63) is 48.6 Å². The Kier molecular flexibility index (Phi) is 8.41. The summed E-state index contributed by atoms with van der Waals surface area (Å²) in [5.74, 6) is -0.346. The maximum absolute atomic E-state index is 12.8. The van der Waals surface area contributed by atoms with E-state index in [1.54, 1.807) is 24.3 Å². The van der Waals surface area contributed by atoms with Crippen LogP contribution in [0.2, 0.25) is 0 Å². The van der Waals surface area contributed by atoms with Gasteiger partial charge in [-0.15, -0.1) is 0 Å². The zero-order chi connectivity index (χ0) is 21.3. The Bertz CT molecular complexity index is 853. The molecule has 9 heteroatoms. The molecule has 1 fully saturated rings. The summed E-state index contributed by atoms with van der Waals surface area (Å²) in [7, 11) is -3.64. The number of hydrogen-bond acceptors (Lipinski definition) is 6. The van der Waals surface area contributed by atoms with Gasteiger partial charge in [-0.1, -0.05) is 18.2 Å². The highest BCUT2D eigenvalue weighted by atomic mass is 32.2. The number of benzene rings is 1. The molecule has 0 saturated carbocycles. The Morgan fingerprint density at radius 1 is 1.07 bits per heavy atom. The van der Waals surface area contributed by atoms with E-state index in [0.717, 1.165) is 0 Å². The number of carbonyl (C=O) groups is 2. The third-order valence-electron chi connectivity index (χ3n) is 4.24. The van der Waals surface area contributed by atoms with Crippen LogP contribution in [0.4, 0.5) is 0 Å². The van der Waals surface area contributed by atoms with Gasteiger partial charge in [0.25, 0.3) is 5.91 Å². The fourth-order valence-electron chi connectivity index (χ4n) is 2.72. The number of ether oxygens (including phenoxy) is 2. The van der Waals surface area contributed by atoms with Crippen LogP contribution >= 0.6 is 0 Å². The summed E-state index contributed by atoms with van der Waals surface area (Å²) in [6.07, 6.45) is 6.19.